The minimum absolute atomic E-state index is 0.119. The van der Waals surface area contributed by atoms with E-state index in [4.69, 9.17) is 9.15 Å². The van der Waals surface area contributed by atoms with E-state index in [1.165, 1.54) is 4.90 Å². The number of carboxylic acid groups (broad SMARTS) is 1. The number of ether oxygens (including phenoxy) is 1. The smallest absolute Gasteiger partial charge is 0.410 e. The molecule has 2 aromatic rings. The first-order valence-corrected chi connectivity index (χ1v) is 7.38. The molecule has 6 heteroatoms. The lowest BCUT2D eigenvalue weighted by Gasteiger charge is -2.20. The number of benzene rings is 1. The van der Waals surface area contributed by atoms with Crippen LogP contribution in [0.15, 0.2) is 53.1 Å². The molecule has 0 aliphatic carbocycles. The van der Waals surface area contributed by atoms with E-state index in [2.05, 4.69) is 0 Å². The van der Waals surface area contributed by atoms with Crippen molar-refractivity contribution in [3.8, 4) is 0 Å². The van der Waals surface area contributed by atoms with E-state index in [0.29, 0.717) is 12.2 Å². The number of nitrogens with zero attached hydrogens (tertiary/aromatic N) is 1. The molecule has 120 valence electrons. The van der Waals surface area contributed by atoms with Gasteiger partial charge in [0.2, 0.25) is 0 Å². The second kappa shape index (κ2) is 6.56. The Morgan fingerprint density at radius 1 is 1.22 bits per heavy atom. The summed E-state index contributed by atoms with van der Waals surface area (Å²) in [7, 11) is 0. The SMILES string of the molecule is O=C(O)[C@@H]1CC(c2ccco2)CN1C(=O)OCc1ccccc1. The Morgan fingerprint density at radius 3 is 2.65 bits per heavy atom. The first kappa shape index (κ1) is 15.1. The lowest BCUT2D eigenvalue weighted by atomic mass is 10.0. The van der Waals surface area contributed by atoms with Gasteiger partial charge in [-0.25, -0.2) is 9.59 Å². The Hall–Kier alpha value is -2.76. The highest BCUT2D eigenvalue weighted by molar-refractivity contribution is 5.81. The van der Waals surface area contributed by atoms with Crippen LogP contribution in [-0.4, -0.2) is 34.7 Å². The summed E-state index contributed by atoms with van der Waals surface area (Å²) >= 11 is 0. The van der Waals surface area contributed by atoms with E-state index >= 15 is 0 Å². The fraction of sp³-hybridized carbons (Fsp3) is 0.294. The van der Waals surface area contributed by atoms with E-state index in [-0.39, 0.29) is 19.1 Å². The molecule has 1 aliphatic rings. The van der Waals surface area contributed by atoms with Crippen LogP contribution in [-0.2, 0) is 16.1 Å². The second-order valence-electron chi connectivity index (χ2n) is 5.49. The number of hydrogen-bond acceptors (Lipinski definition) is 4. The molecule has 0 bridgehead atoms. The molecule has 1 aromatic carbocycles. The van der Waals surface area contributed by atoms with Gasteiger partial charge in [0.15, 0.2) is 0 Å². The molecular weight excluding hydrogens is 298 g/mol. The van der Waals surface area contributed by atoms with Crippen LogP contribution >= 0.6 is 0 Å². The number of furan rings is 1. The summed E-state index contributed by atoms with van der Waals surface area (Å²) in [5, 5.41) is 9.35. The normalized spacial score (nSPS) is 20.4. The Morgan fingerprint density at radius 2 is 2.00 bits per heavy atom. The fourth-order valence-electron chi connectivity index (χ4n) is 2.80. The molecule has 1 aromatic heterocycles. The lowest BCUT2D eigenvalue weighted by molar-refractivity contribution is -0.141. The number of amides is 1. The standard InChI is InChI=1S/C17H17NO5/c19-16(20)14-9-13(15-7-4-8-22-15)10-18(14)17(21)23-11-12-5-2-1-3-6-12/h1-8,13-14H,9-11H2,(H,19,20)/t13?,14-/m0/s1. The topological polar surface area (TPSA) is 80.0 Å². The molecule has 1 amide bonds. The molecule has 1 aliphatic heterocycles. The van der Waals surface area contributed by atoms with Gasteiger partial charge in [0, 0.05) is 12.5 Å². The van der Waals surface area contributed by atoms with Crippen molar-refractivity contribution >= 4 is 12.1 Å². The number of carbonyl (C=O) groups excluding carboxylic acids is 1. The quantitative estimate of drug-likeness (QED) is 0.938. The van der Waals surface area contributed by atoms with Gasteiger partial charge in [0.1, 0.15) is 18.4 Å². The molecule has 2 heterocycles. The fourth-order valence-corrected chi connectivity index (χ4v) is 2.80. The molecule has 1 unspecified atom stereocenters. The molecule has 0 saturated carbocycles. The van der Waals surface area contributed by atoms with Crippen molar-refractivity contribution in [1.82, 2.24) is 4.90 Å². The summed E-state index contributed by atoms with van der Waals surface area (Å²) in [6.07, 6.45) is 1.25. The molecule has 2 atom stereocenters. The Bertz CT molecular complexity index is 668. The number of aliphatic carboxylic acids is 1. The van der Waals surface area contributed by atoms with Crippen molar-refractivity contribution in [3.05, 3.63) is 60.1 Å². The third-order valence-corrected chi connectivity index (χ3v) is 3.97. The van der Waals surface area contributed by atoms with Crippen molar-refractivity contribution in [2.24, 2.45) is 0 Å². The van der Waals surface area contributed by atoms with Gasteiger partial charge in [0.25, 0.3) is 0 Å². The molecule has 1 N–H and O–H groups in total. The summed E-state index contributed by atoms with van der Waals surface area (Å²) in [5.41, 5.74) is 0.856. The number of carboxylic acids is 1. The summed E-state index contributed by atoms with van der Waals surface area (Å²) in [5.74, 6) is -0.472. The minimum atomic E-state index is -1.03. The second-order valence-corrected chi connectivity index (χ2v) is 5.49. The van der Waals surface area contributed by atoms with Crippen molar-refractivity contribution in [2.75, 3.05) is 6.54 Å². The number of rotatable bonds is 4. The highest BCUT2D eigenvalue weighted by atomic mass is 16.6. The molecule has 0 radical (unpaired) electrons. The Balaban J connectivity index is 1.66. The van der Waals surface area contributed by atoms with Gasteiger partial charge in [0.05, 0.1) is 6.26 Å². The van der Waals surface area contributed by atoms with Gasteiger partial charge in [-0.2, -0.15) is 0 Å². The van der Waals surface area contributed by atoms with Crippen LogP contribution < -0.4 is 0 Å². The first-order chi connectivity index (χ1) is 11.1. The van der Waals surface area contributed by atoms with Crippen molar-refractivity contribution in [2.45, 2.75) is 25.0 Å². The van der Waals surface area contributed by atoms with Crippen LogP contribution in [0.3, 0.4) is 0 Å². The van der Waals surface area contributed by atoms with Crippen LogP contribution in [0.5, 0.6) is 0 Å². The number of carbonyl (C=O) groups is 2. The molecule has 0 spiro atoms. The molecular formula is C17H17NO5. The van der Waals surface area contributed by atoms with Crippen LogP contribution in [0.1, 0.15) is 23.7 Å². The van der Waals surface area contributed by atoms with Crippen molar-refractivity contribution < 1.29 is 23.8 Å². The predicted molar refractivity (Wildman–Crippen MR) is 80.8 cm³/mol. The Labute approximate surface area is 133 Å². The average molecular weight is 315 g/mol. The lowest BCUT2D eigenvalue weighted by Crippen LogP contribution is -2.40. The van der Waals surface area contributed by atoms with E-state index in [9.17, 15) is 14.7 Å². The van der Waals surface area contributed by atoms with Gasteiger partial charge in [-0.1, -0.05) is 30.3 Å². The average Bonchev–Trinajstić information content (AvgIpc) is 3.22. The zero-order valence-electron chi connectivity index (χ0n) is 12.4. The molecule has 3 rings (SSSR count). The maximum atomic E-state index is 12.3. The zero-order chi connectivity index (χ0) is 16.2. The third kappa shape index (κ3) is 3.36. The van der Waals surface area contributed by atoms with Crippen LogP contribution in [0.4, 0.5) is 4.79 Å². The van der Waals surface area contributed by atoms with Gasteiger partial charge in [-0.15, -0.1) is 0 Å². The van der Waals surface area contributed by atoms with Crippen LogP contribution in [0.2, 0.25) is 0 Å². The van der Waals surface area contributed by atoms with Gasteiger partial charge >= 0.3 is 12.1 Å². The minimum Gasteiger partial charge on any atom is -0.480 e. The van der Waals surface area contributed by atoms with E-state index < -0.39 is 18.1 Å². The summed E-state index contributed by atoms with van der Waals surface area (Å²) in [6.45, 7) is 0.395. The predicted octanol–water partition coefficient (Wildman–Crippen LogP) is 2.86. The molecule has 23 heavy (non-hydrogen) atoms. The van der Waals surface area contributed by atoms with Crippen LogP contribution in [0.25, 0.3) is 0 Å². The first-order valence-electron chi connectivity index (χ1n) is 7.38. The molecule has 1 fully saturated rings. The molecule has 1 saturated heterocycles. The maximum Gasteiger partial charge on any atom is 0.410 e. The molecule has 6 nitrogen and oxygen atoms in total. The number of likely N-dealkylation sites (tertiary alicyclic amines) is 1. The number of hydrogen-bond donors (Lipinski definition) is 1. The van der Waals surface area contributed by atoms with Crippen molar-refractivity contribution in [3.63, 3.8) is 0 Å². The zero-order valence-corrected chi connectivity index (χ0v) is 12.4. The Kier molecular flexibility index (Phi) is 4.32. The van der Waals surface area contributed by atoms with Crippen molar-refractivity contribution in [1.29, 1.82) is 0 Å². The van der Waals surface area contributed by atoms with E-state index in [1.54, 1.807) is 18.4 Å². The maximum absolute atomic E-state index is 12.3. The largest absolute Gasteiger partial charge is 0.480 e. The van der Waals surface area contributed by atoms with Gasteiger partial charge in [-0.05, 0) is 24.1 Å². The van der Waals surface area contributed by atoms with E-state index in [1.807, 2.05) is 30.3 Å². The van der Waals surface area contributed by atoms with E-state index in [0.717, 1.165) is 5.56 Å². The van der Waals surface area contributed by atoms with Gasteiger partial charge in [-0.3, -0.25) is 4.90 Å². The summed E-state index contributed by atoms with van der Waals surface area (Å²) < 4.78 is 10.6. The third-order valence-electron chi connectivity index (χ3n) is 3.97. The van der Waals surface area contributed by atoms with Crippen LogP contribution in [0, 0.1) is 0 Å². The summed E-state index contributed by atoms with van der Waals surface area (Å²) in [4.78, 5) is 24.9. The summed E-state index contributed by atoms with van der Waals surface area (Å²) in [6, 6.07) is 11.9. The van der Waals surface area contributed by atoms with Gasteiger partial charge < -0.3 is 14.3 Å². The highest BCUT2D eigenvalue weighted by Crippen LogP contribution is 2.32. The highest BCUT2D eigenvalue weighted by Gasteiger charge is 2.42. The monoisotopic (exact) mass is 315 g/mol.